The quantitative estimate of drug-likeness (QED) is 0.00799. The van der Waals surface area contributed by atoms with Gasteiger partial charge in [-0.2, -0.15) is 0 Å². The maximum absolute atomic E-state index is 12.9. The number of hydrogen-bond donors (Lipinski definition) is 11. The van der Waals surface area contributed by atoms with Crippen molar-refractivity contribution < 1.29 is 63.8 Å². The number of aliphatic imine (C=N–C) groups is 2. The van der Waals surface area contributed by atoms with Gasteiger partial charge in [-0.05, 0) is 140 Å². The first-order valence-electron chi connectivity index (χ1n) is 29.1. The number of amides is 2. The van der Waals surface area contributed by atoms with Gasteiger partial charge in [0.05, 0.1) is 76.7 Å². The number of carbonyl (C=O) groups is 5. The molecular formula is C67H74N12O14S3. The number of rotatable bonds is 26. The molecule has 2 amide bonds. The van der Waals surface area contributed by atoms with Gasteiger partial charge in [0.2, 0.25) is 30.1 Å². The summed E-state index contributed by atoms with van der Waals surface area (Å²) in [6.07, 6.45) is -0.856. The average molecular weight is 1370 g/mol. The highest BCUT2D eigenvalue weighted by atomic mass is 32.2. The molecule has 504 valence electrons. The minimum atomic E-state index is -3.98. The second-order valence-corrected chi connectivity index (χ2v) is 25.2. The second kappa shape index (κ2) is 37.0. The predicted molar refractivity (Wildman–Crippen MR) is 368 cm³/mol. The molecule has 0 saturated heterocycles. The summed E-state index contributed by atoms with van der Waals surface area (Å²) < 4.78 is 94.0. The molecule has 29 heteroatoms. The fourth-order valence-electron chi connectivity index (χ4n) is 8.78. The molecule has 0 aliphatic rings. The predicted octanol–water partition coefficient (Wildman–Crippen LogP) is 8.20. The Kier molecular flexibility index (Phi) is 29.1. The van der Waals surface area contributed by atoms with E-state index in [4.69, 9.17) is 38.1 Å². The molecular weight excluding hydrogens is 1290 g/mol. The summed E-state index contributed by atoms with van der Waals surface area (Å²) in [6, 6.07) is 53.0. The Bertz CT molecular complexity index is 4350. The molecule has 0 heterocycles. The SMILES string of the molecule is C=C.CCOC(=O)CC(NS(=O)(=O)c1ccccc1)c1cccc(N)c1.CCOC(=O)CC(NS(=O)(=O)c1ccccc1)c1cccc(NC(=O)c2cccc(N=C(N)N)c2)c1.NC(N)=Nc1cccc(C(=O)Nc2cccc(C(CC(=O)O)NS(=O)(=O)c3ccccc3)c2)c1. The summed E-state index contributed by atoms with van der Waals surface area (Å²) in [7, 11) is -11.7. The number of carboxylic acid groups (broad SMARTS) is 1. The van der Waals surface area contributed by atoms with Crippen molar-refractivity contribution in [3.8, 4) is 0 Å². The van der Waals surface area contributed by atoms with Crippen LogP contribution in [0.15, 0.2) is 250 Å². The van der Waals surface area contributed by atoms with Crippen LogP contribution in [0.5, 0.6) is 0 Å². The zero-order valence-electron chi connectivity index (χ0n) is 52.1. The van der Waals surface area contributed by atoms with Crippen LogP contribution in [0.2, 0.25) is 0 Å². The third-order valence-corrected chi connectivity index (χ3v) is 17.4. The van der Waals surface area contributed by atoms with Crippen LogP contribution >= 0.6 is 0 Å². The number of nitrogens with one attached hydrogen (secondary N) is 5. The molecule has 8 aromatic carbocycles. The standard InChI is InChI=1S/C25H27N5O5S.C23H23N5O5S.C17H20N2O4S.C2H4/c1-2-35-23(31)16-22(30-36(33,34)21-12-4-3-5-13-21)17-8-6-10-19(14-17)28-24(32)18-9-7-11-20(15-18)29-25(26)27;24-23(25)27-18-9-5-7-16(13-18)22(31)26-17-8-4-6-15(12-17)20(14-21(29)30)28-34(32,33)19-10-2-1-3-11-19;1-2-23-17(20)12-16(13-7-6-8-14(18)11-13)19-24(21,22)15-9-4-3-5-10-15;1-2/h3-15,22,30H,2,16H2,1H3,(H,28,32)(H4,26,27,29);1-13,20,28H,14H2,(H,26,31)(H,29,30)(H4,24,25,27);3-11,16,19H,2,12,18H2,1H3;1-2H2. The lowest BCUT2D eigenvalue weighted by atomic mass is 10.0. The molecule has 8 rings (SSSR count). The van der Waals surface area contributed by atoms with Gasteiger partial charge in [-0.3, -0.25) is 24.0 Å². The third-order valence-electron chi connectivity index (χ3n) is 12.9. The highest BCUT2D eigenvalue weighted by Gasteiger charge is 2.28. The molecule has 96 heavy (non-hydrogen) atoms. The fourth-order valence-corrected chi connectivity index (χ4v) is 12.5. The Morgan fingerprint density at radius 1 is 0.438 bits per heavy atom. The first-order valence-corrected chi connectivity index (χ1v) is 33.5. The van der Waals surface area contributed by atoms with Gasteiger partial charge in [-0.1, -0.05) is 103 Å². The Labute approximate surface area is 556 Å². The van der Waals surface area contributed by atoms with Gasteiger partial charge >= 0.3 is 17.9 Å². The monoisotopic (exact) mass is 1370 g/mol. The van der Waals surface area contributed by atoms with Gasteiger partial charge in [0.25, 0.3) is 11.8 Å². The number of esters is 2. The minimum absolute atomic E-state index is 0.00973. The van der Waals surface area contributed by atoms with Crippen molar-refractivity contribution >= 4 is 100 Å². The van der Waals surface area contributed by atoms with Crippen molar-refractivity contribution in [2.45, 2.75) is 65.9 Å². The molecule has 3 unspecified atom stereocenters. The van der Waals surface area contributed by atoms with Gasteiger partial charge < -0.3 is 53.9 Å². The summed E-state index contributed by atoms with van der Waals surface area (Å²) in [5.74, 6) is -3.40. The number of carboxylic acids is 1. The zero-order valence-corrected chi connectivity index (χ0v) is 54.6. The number of ether oxygens (including phenoxy) is 2. The topological polar surface area (TPSA) is 441 Å². The maximum Gasteiger partial charge on any atom is 0.307 e. The second-order valence-electron chi connectivity index (χ2n) is 20.1. The van der Waals surface area contributed by atoms with Crippen LogP contribution < -0.4 is 53.5 Å². The molecule has 8 aromatic rings. The van der Waals surface area contributed by atoms with Crippen molar-refractivity contribution in [2.75, 3.05) is 29.6 Å². The van der Waals surface area contributed by atoms with E-state index in [-0.39, 0.29) is 52.7 Å². The van der Waals surface area contributed by atoms with E-state index in [0.29, 0.717) is 56.3 Å². The number of nitrogens with two attached hydrogens (primary N) is 5. The molecule has 0 fully saturated rings. The number of nitrogen functional groups attached to an aromatic ring is 1. The molecule has 0 saturated carbocycles. The van der Waals surface area contributed by atoms with E-state index in [1.54, 1.807) is 172 Å². The summed E-state index contributed by atoms with van der Waals surface area (Å²) in [5, 5.41) is 14.8. The van der Waals surface area contributed by atoms with E-state index < -0.39 is 84.3 Å². The fraction of sp³-hybridized carbons (Fsp3) is 0.149. The lowest BCUT2D eigenvalue weighted by molar-refractivity contribution is -0.144. The molecule has 0 radical (unpaired) electrons. The Hall–Kier alpha value is -11.1. The molecule has 0 aliphatic heterocycles. The first kappa shape index (κ1) is 75.6. The highest BCUT2D eigenvalue weighted by molar-refractivity contribution is 7.90. The van der Waals surface area contributed by atoms with Crippen molar-refractivity contribution in [1.29, 1.82) is 0 Å². The smallest absolute Gasteiger partial charge is 0.307 e. The van der Waals surface area contributed by atoms with Crippen LogP contribution in [0.3, 0.4) is 0 Å². The highest BCUT2D eigenvalue weighted by Crippen LogP contribution is 2.28. The zero-order chi connectivity index (χ0) is 70.4. The van der Waals surface area contributed by atoms with Crippen molar-refractivity contribution in [3.05, 3.63) is 253 Å². The Balaban J connectivity index is 0.000000262. The summed E-state index contributed by atoms with van der Waals surface area (Å²) in [5.41, 5.74) is 31.4. The molecule has 0 bridgehead atoms. The number of anilines is 3. The van der Waals surface area contributed by atoms with E-state index in [0.717, 1.165) is 0 Å². The number of sulfonamides is 3. The molecule has 0 spiro atoms. The average Bonchev–Trinajstić information content (AvgIpc) is 0.844. The van der Waals surface area contributed by atoms with Crippen LogP contribution in [0.1, 0.15) is 88.6 Å². The minimum Gasteiger partial charge on any atom is -0.481 e. The number of nitrogens with zero attached hydrogens (tertiary/aromatic N) is 2. The molecule has 0 aliphatic carbocycles. The van der Waals surface area contributed by atoms with Gasteiger partial charge in [-0.25, -0.2) is 49.4 Å². The van der Waals surface area contributed by atoms with E-state index in [9.17, 15) is 54.3 Å². The van der Waals surface area contributed by atoms with Crippen molar-refractivity contribution in [2.24, 2.45) is 32.9 Å². The van der Waals surface area contributed by atoms with Crippen LogP contribution in [0.25, 0.3) is 0 Å². The number of carbonyl (C=O) groups excluding carboxylic acids is 4. The van der Waals surface area contributed by atoms with Crippen molar-refractivity contribution in [1.82, 2.24) is 14.2 Å². The normalized spacial score (nSPS) is 11.8. The third kappa shape index (κ3) is 24.8. The first-order chi connectivity index (χ1) is 45.7. The van der Waals surface area contributed by atoms with E-state index in [1.807, 2.05) is 0 Å². The molecule has 3 atom stereocenters. The number of guanidine groups is 2. The maximum atomic E-state index is 12.9. The van der Waals surface area contributed by atoms with Gasteiger partial charge in [0.15, 0.2) is 11.9 Å². The molecule has 26 nitrogen and oxygen atoms in total. The van der Waals surface area contributed by atoms with Crippen molar-refractivity contribution in [3.63, 3.8) is 0 Å². The largest absolute Gasteiger partial charge is 0.481 e. The summed E-state index contributed by atoms with van der Waals surface area (Å²) in [4.78, 5) is 69.1. The number of hydrogen-bond acceptors (Lipinski definition) is 16. The van der Waals surface area contributed by atoms with E-state index in [1.165, 1.54) is 54.6 Å². The van der Waals surface area contributed by atoms with Crippen LogP contribution in [-0.2, 0) is 53.9 Å². The van der Waals surface area contributed by atoms with Gasteiger partial charge in [0.1, 0.15) is 0 Å². The van der Waals surface area contributed by atoms with Crippen LogP contribution in [0, 0.1) is 0 Å². The summed E-state index contributed by atoms with van der Waals surface area (Å²) in [6.45, 7) is 9.75. The van der Waals surface area contributed by atoms with Crippen LogP contribution in [-0.4, -0.2) is 85.2 Å². The van der Waals surface area contributed by atoms with E-state index in [2.05, 4.69) is 47.9 Å². The Morgan fingerprint density at radius 3 is 1.08 bits per heavy atom. The lowest BCUT2D eigenvalue weighted by Gasteiger charge is -2.19. The van der Waals surface area contributed by atoms with Gasteiger partial charge in [-0.15, -0.1) is 13.2 Å². The lowest BCUT2D eigenvalue weighted by Crippen LogP contribution is -2.31. The Morgan fingerprint density at radius 2 is 0.760 bits per heavy atom. The van der Waals surface area contributed by atoms with E-state index >= 15 is 0 Å². The van der Waals surface area contributed by atoms with Crippen LogP contribution in [0.4, 0.5) is 28.4 Å². The van der Waals surface area contributed by atoms with Gasteiger partial charge in [0, 0.05) is 28.2 Å². The molecule has 0 aromatic heterocycles. The summed E-state index contributed by atoms with van der Waals surface area (Å²) >= 11 is 0. The number of benzene rings is 8. The molecule has 16 N–H and O–H groups in total. The number of aliphatic carboxylic acids is 1.